The Morgan fingerprint density at radius 2 is 1.78 bits per heavy atom. The van der Waals surface area contributed by atoms with Crippen LogP contribution in [0.1, 0.15) is 37.0 Å². The van der Waals surface area contributed by atoms with E-state index in [4.69, 9.17) is 0 Å². The third-order valence-corrected chi connectivity index (χ3v) is 8.50. The third kappa shape index (κ3) is 8.24. The first kappa shape index (κ1) is 32.1. The Hall–Kier alpha value is -4.32. The lowest BCUT2D eigenvalue weighted by atomic mass is 10.00. The number of ether oxygens (including phenoxy) is 1. The predicted octanol–water partition coefficient (Wildman–Crippen LogP) is 7.73. The van der Waals surface area contributed by atoms with Crippen molar-refractivity contribution in [2.75, 3.05) is 17.2 Å². The molecule has 0 spiro atoms. The molecular weight excluding hydrogens is 601 g/mol. The summed E-state index contributed by atoms with van der Waals surface area (Å²) in [4.78, 5) is 23.9. The van der Waals surface area contributed by atoms with Gasteiger partial charge in [-0.05, 0) is 80.5 Å². The zero-order valence-corrected chi connectivity index (χ0v) is 26.3. The van der Waals surface area contributed by atoms with Crippen LogP contribution in [0, 0.1) is 19.8 Å². The van der Waals surface area contributed by atoms with Gasteiger partial charge in [0, 0.05) is 29.6 Å². The Bertz CT molecular complexity index is 1630. The van der Waals surface area contributed by atoms with Gasteiger partial charge >= 0.3 is 12.4 Å². The van der Waals surface area contributed by atoms with Crippen LogP contribution in [0.25, 0.3) is 17.1 Å². The molecule has 1 N–H and O–H groups in total. The second-order valence-electron chi connectivity index (χ2n) is 11.2. The monoisotopic (exact) mass is 636 g/mol. The number of carbonyl (C=O) groups is 1. The van der Waals surface area contributed by atoms with Crippen molar-refractivity contribution in [3.05, 3.63) is 89.7 Å². The van der Waals surface area contributed by atoms with Gasteiger partial charge in [-0.25, -0.2) is 14.5 Å². The number of para-hydroxylation sites is 1. The largest absolute Gasteiger partial charge is 0.573 e. The molecule has 3 aromatic carbocycles. The van der Waals surface area contributed by atoms with E-state index in [9.17, 15) is 18.0 Å². The summed E-state index contributed by atoms with van der Waals surface area (Å²) in [7, 11) is 0. The molecule has 0 radical (unpaired) electrons. The molecular formula is C33H35F3N6O2S. The number of hydrogen-bond donors (Lipinski definition) is 1. The van der Waals surface area contributed by atoms with Gasteiger partial charge in [-0.2, -0.15) is 4.99 Å². The summed E-state index contributed by atoms with van der Waals surface area (Å²) >= 11 is 1.62. The number of carbonyl (C=O) groups excluding carboxylic acids is 1. The lowest BCUT2D eigenvalue weighted by molar-refractivity contribution is -0.274. The third-order valence-electron chi connectivity index (χ3n) is 7.52. The summed E-state index contributed by atoms with van der Waals surface area (Å²) in [6.07, 6.45) is -1.47. The number of alkyl halides is 3. The van der Waals surface area contributed by atoms with Gasteiger partial charge in [-0.1, -0.05) is 61.2 Å². The van der Waals surface area contributed by atoms with Gasteiger partial charge in [-0.15, -0.1) is 18.3 Å². The molecule has 0 aliphatic carbocycles. The number of amidine groups is 1. The maximum Gasteiger partial charge on any atom is 0.573 e. The van der Waals surface area contributed by atoms with Crippen LogP contribution >= 0.6 is 11.8 Å². The zero-order valence-electron chi connectivity index (χ0n) is 25.5. The normalized spacial score (nSPS) is 16.9. The number of anilines is 1. The molecule has 2 amide bonds. The van der Waals surface area contributed by atoms with Crippen molar-refractivity contribution in [3.8, 4) is 22.8 Å². The predicted molar refractivity (Wildman–Crippen MR) is 172 cm³/mol. The fourth-order valence-electron chi connectivity index (χ4n) is 5.27. The molecule has 5 rings (SSSR count). The van der Waals surface area contributed by atoms with Crippen LogP contribution in [0.5, 0.6) is 5.75 Å². The molecule has 2 unspecified atom stereocenters. The number of halogens is 3. The van der Waals surface area contributed by atoms with Crippen LogP contribution in [-0.2, 0) is 6.42 Å². The number of aromatic nitrogens is 3. The minimum absolute atomic E-state index is 0.175. The second kappa shape index (κ2) is 13.8. The highest BCUT2D eigenvalue weighted by molar-refractivity contribution is 8.14. The molecule has 0 bridgehead atoms. The number of benzene rings is 3. The molecule has 1 fully saturated rings. The highest BCUT2D eigenvalue weighted by atomic mass is 32.2. The van der Waals surface area contributed by atoms with Crippen molar-refractivity contribution >= 4 is 28.6 Å². The molecule has 12 heteroatoms. The van der Waals surface area contributed by atoms with E-state index in [1.165, 1.54) is 35.3 Å². The first-order chi connectivity index (χ1) is 21.5. The van der Waals surface area contributed by atoms with E-state index in [1.54, 1.807) is 11.8 Å². The SMILES string of the molecule is Cc1cccc(C)c1N1C(=NC(=O)NCC(C)Cc2ccc(-c3ncn(-c4ccc(OC(F)(F)F)cc4)n3)cc2)SCCC1C. The van der Waals surface area contributed by atoms with Gasteiger partial charge < -0.3 is 15.0 Å². The molecule has 2 heterocycles. The molecule has 4 aromatic rings. The highest BCUT2D eigenvalue weighted by Crippen LogP contribution is 2.34. The van der Waals surface area contributed by atoms with Crippen LogP contribution in [0.2, 0.25) is 0 Å². The first-order valence-corrected chi connectivity index (χ1v) is 15.7. The standard InChI is InChI=1S/C33H35F3N6O2S/c1-21(19-37-31(43)39-32-42(24(4)16-17-45-32)29-22(2)6-5-7-23(29)3)18-25-8-10-26(11-9-25)30-38-20-41(40-30)27-12-14-28(15-13-27)44-33(34,35)36/h5-15,20-21,24H,16-19H2,1-4H3,(H,37,43). The molecule has 236 valence electrons. The van der Waals surface area contributed by atoms with Gasteiger partial charge in [0.25, 0.3) is 0 Å². The molecule has 1 aromatic heterocycles. The van der Waals surface area contributed by atoms with Crippen molar-refractivity contribution < 1.29 is 22.7 Å². The number of nitrogens with one attached hydrogen (secondary N) is 1. The summed E-state index contributed by atoms with van der Waals surface area (Å²) in [5.41, 5.74) is 5.90. The Morgan fingerprint density at radius 1 is 1.09 bits per heavy atom. The molecule has 8 nitrogen and oxygen atoms in total. The topological polar surface area (TPSA) is 84.6 Å². The Balaban J connectivity index is 1.16. The fourth-order valence-corrected chi connectivity index (χ4v) is 6.47. The first-order valence-electron chi connectivity index (χ1n) is 14.7. The van der Waals surface area contributed by atoms with Crippen molar-refractivity contribution in [1.29, 1.82) is 0 Å². The van der Waals surface area contributed by atoms with Crippen molar-refractivity contribution in [2.24, 2.45) is 10.9 Å². The van der Waals surface area contributed by atoms with Gasteiger partial charge in [-0.3, -0.25) is 0 Å². The van der Waals surface area contributed by atoms with E-state index in [0.717, 1.165) is 51.7 Å². The van der Waals surface area contributed by atoms with Gasteiger partial charge in [0.15, 0.2) is 11.0 Å². The smallest absolute Gasteiger partial charge is 0.406 e. The zero-order chi connectivity index (χ0) is 32.1. The lowest BCUT2D eigenvalue weighted by Crippen LogP contribution is -2.43. The van der Waals surface area contributed by atoms with E-state index in [2.05, 4.69) is 69.9 Å². The van der Waals surface area contributed by atoms with E-state index in [1.807, 2.05) is 30.3 Å². The number of thioether (sulfide) groups is 1. The number of nitrogens with zero attached hydrogens (tertiary/aromatic N) is 5. The number of amides is 2. The van der Waals surface area contributed by atoms with Crippen LogP contribution in [0.15, 0.2) is 78.0 Å². The number of aryl methyl sites for hydroxylation is 2. The van der Waals surface area contributed by atoms with Crippen molar-refractivity contribution in [3.63, 3.8) is 0 Å². The van der Waals surface area contributed by atoms with E-state index < -0.39 is 6.36 Å². The lowest BCUT2D eigenvalue weighted by Gasteiger charge is -2.37. The average Bonchev–Trinajstić information content (AvgIpc) is 3.48. The summed E-state index contributed by atoms with van der Waals surface area (Å²) in [6, 6.07) is 19.4. The molecule has 1 saturated heterocycles. The summed E-state index contributed by atoms with van der Waals surface area (Å²) in [5.74, 6) is 1.28. The van der Waals surface area contributed by atoms with Crippen molar-refractivity contribution in [1.82, 2.24) is 20.1 Å². The van der Waals surface area contributed by atoms with Crippen LogP contribution in [0.4, 0.5) is 23.7 Å². The molecule has 1 aliphatic heterocycles. The molecule has 2 atom stereocenters. The van der Waals surface area contributed by atoms with Crippen molar-refractivity contribution in [2.45, 2.75) is 52.9 Å². The Kier molecular flexibility index (Phi) is 9.81. The highest BCUT2D eigenvalue weighted by Gasteiger charge is 2.31. The van der Waals surface area contributed by atoms with Gasteiger partial charge in [0.1, 0.15) is 12.1 Å². The van der Waals surface area contributed by atoms with Gasteiger partial charge in [0.05, 0.1) is 5.69 Å². The molecule has 1 aliphatic rings. The minimum Gasteiger partial charge on any atom is -0.406 e. The van der Waals surface area contributed by atoms with Crippen LogP contribution in [-0.4, -0.2) is 50.7 Å². The number of hydrogen-bond acceptors (Lipinski definition) is 5. The van der Waals surface area contributed by atoms with Crippen LogP contribution in [0.3, 0.4) is 0 Å². The van der Waals surface area contributed by atoms with Gasteiger partial charge in [0.2, 0.25) is 0 Å². The second-order valence-corrected chi connectivity index (χ2v) is 12.3. The molecule has 45 heavy (non-hydrogen) atoms. The van der Waals surface area contributed by atoms with E-state index in [-0.39, 0.29) is 23.7 Å². The number of aliphatic imine (C=N–C) groups is 1. The number of urea groups is 1. The minimum atomic E-state index is -4.74. The van der Waals surface area contributed by atoms with E-state index >= 15 is 0 Å². The van der Waals surface area contributed by atoms with E-state index in [0.29, 0.717) is 18.1 Å². The summed E-state index contributed by atoms with van der Waals surface area (Å²) in [5, 5.41) is 8.17. The fraction of sp³-hybridized carbons (Fsp3) is 0.333. The maximum atomic E-state index is 12.9. The Morgan fingerprint density at radius 3 is 2.44 bits per heavy atom. The quantitative estimate of drug-likeness (QED) is 0.213. The summed E-state index contributed by atoms with van der Waals surface area (Å²) < 4.78 is 42.7. The maximum absolute atomic E-state index is 12.9. The number of rotatable bonds is 8. The summed E-state index contributed by atoms with van der Waals surface area (Å²) in [6.45, 7) is 8.92. The Labute approximate surface area is 264 Å². The molecule has 0 saturated carbocycles. The average molecular weight is 637 g/mol. The van der Waals surface area contributed by atoms with Crippen LogP contribution < -0.4 is 15.0 Å².